The van der Waals surface area contributed by atoms with E-state index in [-0.39, 0.29) is 12.3 Å². The first-order valence-corrected chi connectivity index (χ1v) is 13.2. The monoisotopic (exact) mass is 505 g/mol. The van der Waals surface area contributed by atoms with Crippen molar-refractivity contribution in [2.24, 2.45) is 0 Å². The Labute approximate surface area is 223 Å². The highest BCUT2D eigenvalue weighted by Gasteiger charge is 2.26. The van der Waals surface area contributed by atoms with E-state index in [0.717, 1.165) is 48.7 Å². The van der Waals surface area contributed by atoms with Crippen LogP contribution in [0.3, 0.4) is 0 Å². The van der Waals surface area contributed by atoms with Gasteiger partial charge >= 0.3 is 5.97 Å². The van der Waals surface area contributed by atoms with Crippen LogP contribution in [0.25, 0.3) is 11.1 Å². The second-order valence-corrected chi connectivity index (χ2v) is 10.2. The largest absolute Gasteiger partial charge is 0.492 e. The standard InChI is InChI=1S/C33H31NO4/c35-33(36)17-27-22-38-32-18-28(12-13-31(27)32)37-21-24-8-4-9-25(16-24)29-11-5-10-26-20-34(15-14-30(26)29)19-23-6-2-1-3-7-23/h1-13,16,18,27H,14-15,17,19-22H2,(H,35,36)/t27-/m1/s1. The van der Waals surface area contributed by atoms with E-state index in [9.17, 15) is 4.79 Å². The molecule has 0 spiro atoms. The molecule has 0 aliphatic carbocycles. The average Bonchev–Trinajstić information content (AvgIpc) is 3.33. The fourth-order valence-electron chi connectivity index (χ4n) is 5.64. The first-order valence-electron chi connectivity index (χ1n) is 13.2. The van der Waals surface area contributed by atoms with Crippen LogP contribution >= 0.6 is 0 Å². The zero-order chi connectivity index (χ0) is 25.9. The van der Waals surface area contributed by atoms with Crippen molar-refractivity contribution in [3.63, 3.8) is 0 Å². The minimum Gasteiger partial charge on any atom is -0.492 e. The molecule has 6 rings (SSSR count). The second-order valence-electron chi connectivity index (χ2n) is 10.2. The van der Waals surface area contributed by atoms with Gasteiger partial charge in [-0.05, 0) is 51.9 Å². The van der Waals surface area contributed by atoms with Gasteiger partial charge < -0.3 is 14.6 Å². The maximum atomic E-state index is 11.1. The zero-order valence-electron chi connectivity index (χ0n) is 21.3. The second kappa shape index (κ2) is 10.7. The van der Waals surface area contributed by atoms with Crippen LogP contribution in [-0.2, 0) is 30.9 Å². The van der Waals surface area contributed by atoms with Crippen LogP contribution in [0, 0.1) is 0 Å². The molecule has 2 aliphatic heterocycles. The Balaban J connectivity index is 1.14. The molecule has 0 radical (unpaired) electrons. The number of carbonyl (C=O) groups is 1. The number of carboxylic acid groups (broad SMARTS) is 1. The molecule has 5 nitrogen and oxygen atoms in total. The number of carboxylic acids is 1. The molecule has 38 heavy (non-hydrogen) atoms. The topological polar surface area (TPSA) is 59.0 Å². The first kappa shape index (κ1) is 24.3. The summed E-state index contributed by atoms with van der Waals surface area (Å²) in [7, 11) is 0. The van der Waals surface area contributed by atoms with Crippen LogP contribution < -0.4 is 9.47 Å². The summed E-state index contributed by atoms with van der Waals surface area (Å²) >= 11 is 0. The summed E-state index contributed by atoms with van der Waals surface area (Å²) in [4.78, 5) is 13.6. The van der Waals surface area contributed by atoms with Gasteiger partial charge in [0.25, 0.3) is 0 Å². The van der Waals surface area contributed by atoms with E-state index in [4.69, 9.17) is 14.6 Å². The number of fused-ring (bicyclic) bond motifs is 2. The van der Waals surface area contributed by atoms with Gasteiger partial charge in [-0.25, -0.2) is 0 Å². The molecule has 0 unspecified atom stereocenters. The van der Waals surface area contributed by atoms with Crippen molar-refractivity contribution >= 4 is 5.97 Å². The van der Waals surface area contributed by atoms with Crippen LogP contribution in [0.1, 0.15) is 40.2 Å². The SMILES string of the molecule is O=C(O)C[C@@H]1COc2cc(OCc3cccc(-c4cccc5c4CCN(Cc4ccccc4)C5)c3)ccc21. The summed E-state index contributed by atoms with van der Waals surface area (Å²) in [5.74, 6) is 0.534. The minimum atomic E-state index is -0.809. The predicted octanol–water partition coefficient (Wildman–Crippen LogP) is 6.44. The number of nitrogens with zero attached hydrogens (tertiary/aromatic N) is 1. The Morgan fingerprint density at radius 2 is 1.79 bits per heavy atom. The molecule has 4 aromatic rings. The van der Waals surface area contributed by atoms with Crippen molar-refractivity contribution in [1.29, 1.82) is 0 Å². The van der Waals surface area contributed by atoms with E-state index < -0.39 is 5.97 Å². The number of aliphatic carboxylic acids is 1. The van der Waals surface area contributed by atoms with Crippen molar-refractivity contribution in [1.82, 2.24) is 4.90 Å². The fraction of sp³-hybridized carbons (Fsp3) is 0.242. The number of hydrogen-bond acceptors (Lipinski definition) is 4. The third-order valence-corrected chi connectivity index (χ3v) is 7.52. The molecular formula is C33H31NO4. The Morgan fingerprint density at radius 3 is 2.66 bits per heavy atom. The molecule has 0 saturated carbocycles. The van der Waals surface area contributed by atoms with Gasteiger partial charge in [0.15, 0.2) is 0 Å². The lowest BCUT2D eigenvalue weighted by molar-refractivity contribution is -0.137. The lowest BCUT2D eigenvalue weighted by Gasteiger charge is -2.30. The van der Waals surface area contributed by atoms with Gasteiger partial charge in [0.1, 0.15) is 18.1 Å². The number of rotatable bonds is 8. The maximum Gasteiger partial charge on any atom is 0.304 e. The smallest absolute Gasteiger partial charge is 0.304 e. The van der Waals surface area contributed by atoms with Crippen molar-refractivity contribution in [2.75, 3.05) is 13.2 Å². The molecule has 2 heterocycles. The highest BCUT2D eigenvalue weighted by molar-refractivity contribution is 5.70. The Morgan fingerprint density at radius 1 is 0.947 bits per heavy atom. The third-order valence-electron chi connectivity index (χ3n) is 7.52. The highest BCUT2D eigenvalue weighted by atomic mass is 16.5. The van der Waals surface area contributed by atoms with Gasteiger partial charge in [0.05, 0.1) is 13.0 Å². The van der Waals surface area contributed by atoms with Crippen molar-refractivity contribution in [3.05, 3.63) is 119 Å². The molecule has 4 aromatic carbocycles. The molecule has 5 heteroatoms. The van der Waals surface area contributed by atoms with Gasteiger partial charge in [-0.2, -0.15) is 0 Å². The highest BCUT2D eigenvalue weighted by Crippen LogP contribution is 2.38. The number of hydrogen-bond donors (Lipinski definition) is 1. The quantitative estimate of drug-likeness (QED) is 0.299. The van der Waals surface area contributed by atoms with Crippen molar-refractivity contribution < 1.29 is 19.4 Å². The van der Waals surface area contributed by atoms with Gasteiger partial charge in [-0.15, -0.1) is 0 Å². The molecule has 0 fully saturated rings. The van der Waals surface area contributed by atoms with Crippen molar-refractivity contribution in [3.8, 4) is 22.6 Å². The molecule has 192 valence electrons. The zero-order valence-corrected chi connectivity index (χ0v) is 21.3. The van der Waals surface area contributed by atoms with Crippen LogP contribution in [0.2, 0.25) is 0 Å². The summed E-state index contributed by atoms with van der Waals surface area (Å²) in [6.07, 6.45) is 1.12. The Bertz CT molecular complexity index is 1450. The normalized spacial score (nSPS) is 16.4. The van der Waals surface area contributed by atoms with E-state index in [1.165, 1.54) is 27.8 Å². The Hall–Kier alpha value is -4.09. The van der Waals surface area contributed by atoms with Crippen LogP contribution in [0.15, 0.2) is 91.0 Å². The third kappa shape index (κ3) is 5.29. The van der Waals surface area contributed by atoms with E-state index in [1.807, 2.05) is 18.2 Å². The fourth-order valence-corrected chi connectivity index (χ4v) is 5.64. The summed E-state index contributed by atoms with van der Waals surface area (Å²) in [6.45, 7) is 3.85. The first-order chi connectivity index (χ1) is 18.6. The molecule has 0 aromatic heterocycles. The number of ether oxygens (including phenoxy) is 2. The van der Waals surface area contributed by atoms with E-state index in [0.29, 0.717) is 13.2 Å². The van der Waals surface area contributed by atoms with E-state index in [1.54, 1.807) is 0 Å². The summed E-state index contributed by atoms with van der Waals surface area (Å²) in [5, 5.41) is 9.12. The molecule has 1 atom stereocenters. The molecule has 2 aliphatic rings. The van der Waals surface area contributed by atoms with Crippen LogP contribution in [0.4, 0.5) is 0 Å². The lowest BCUT2D eigenvalue weighted by atomic mass is 9.90. The molecule has 0 amide bonds. The summed E-state index contributed by atoms with van der Waals surface area (Å²) < 4.78 is 11.8. The minimum absolute atomic E-state index is 0.0776. The molecule has 0 bridgehead atoms. The van der Waals surface area contributed by atoms with Gasteiger partial charge in [0, 0.05) is 37.2 Å². The summed E-state index contributed by atoms with van der Waals surface area (Å²) in [6, 6.07) is 31.7. The van der Waals surface area contributed by atoms with Crippen LogP contribution in [0.5, 0.6) is 11.5 Å². The summed E-state index contributed by atoms with van der Waals surface area (Å²) in [5.41, 5.74) is 8.78. The number of benzene rings is 4. The van der Waals surface area contributed by atoms with Gasteiger partial charge in [-0.1, -0.05) is 72.8 Å². The van der Waals surface area contributed by atoms with E-state index in [2.05, 4.69) is 77.7 Å². The molecule has 1 N–H and O–H groups in total. The lowest BCUT2D eigenvalue weighted by Crippen LogP contribution is -2.30. The van der Waals surface area contributed by atoms with Gasteiger partial charge in [-0.3, -0.25) is 9.69 Å². The predicted molar refractivity (Wildman–Crippen MR) is 147 cm³/mol. The van der Waals surface area contributed by atoms with Crippen molar-refractivity contribution in [2.45, 2.75) is 38.5 Å². The molecule has 0 saturated heterocycles. The van der Waals surface area contributed by atoms with E-state index >= 15 is 0 Å². The average molecular weight is 506 g/mol. The molecular weight excluding hydrogens is 474 g/mol. The van der Waals surface area contributed by atoms with Crippen LogP contribution in [-0.4, -0.2) is 29.1 Å². The Kier molecular flexibility index (Phi) is 6.84. The maximum absolute atomic E-state index is 11.1. The van der Waals surface area contributed by atoms with Gasteiger partial charge in [0.2, 0.25) is 0 Å².